The van der Waals surface area contributed by atoms with Gasteiger partial charge < -0.3 is 19.3 Å². The van der Waals surface area contributed by atoms with Crippen LogP contribution in [-0.4, -0.2) is 66.3 Å². The SMILES string of the molecule is CCOC(OCC)[C@@H]1CCCN1C(=O)[C@@H]1CCCN1C(=O)C1=Cc2ccccc2C1. The second kappa shape index (κ2) is 9.31. The first-order valence-electron chi connectivity index (χ1n) is 11.3. The molecular formula is C24H32N2O4. The molecule has 0 bridgehead atoms. The molecule has 0 saturated carbocycles. The highest BCUT2D eigenvalue weighted by atomic mass is 16.7. The number of carbonyl (C=O) groups is 2. The summed E-state index contributed by atoms with van der Waals surface area (Å²) in [5.41, 5.74) is 3.08. The number of carbonyl (C=O) groups excluding carboxylic acids is 2. The summed E-state index contributed by atoms with van der Waals surface area (Å²) in [5.74, 6) is 0.0489. The van der Waals surface area contributed by atoms with Gasteiger partial charge >= 0.3 is 0 Å². The van der Waals surface area contributed by atoms with Crippen LogP contribution >= 0.6 is 0 Å². The number of hydrogen-bond acceptors (Lipinski definition) is 4. The summed E-state index contributed by atoms with van der Waals surface area (Å²) in [7, 11) is 0. The van der Waals surface area contributed by atoms with Crippen molar-refractivity contribution in [1.29, 1.82) is 0 Å². The number of amides is 2. The Bertz CT molecular complexity index is 815. The second-order valence-electron chi connectivity index (χ2n) is 8.22. The van der Waals surface area contributed by atoms with Crippen LogP contribution in [0.2, 0.25) is 0 Å². The van der Waals surface area contributed by atoms with Crippen LogP contribution < -0.4 is 0 Å². The molecule has 0 unspecified atom stereocenters. The predicted molar refractivity (Wildman–Crippen MR) is 115 cm³/mol. The topological polar surface area (TPSA) is 59.1 Å². The molecule has 0 spiro atoms. The molecule has 6 nitrogen and oxygen atoms in total. The lowest BCUT2D eigenvalue weighted by Gasteiger charge is -2.34. The Morgan fingerprint density at radius 3 is 2.47 bits per heavy atom. The molecule has 162 valence electrons. The molecular weight excluding hydrogens is 380 g/mol. The predicted octanol–water partition coefficient (Wildman–Crippen LogP) is 3.01. The largest absolute Gasteiger partial charge is 0.351 e. The van der Waals surface area contributed by atoms with E-state index in [2.05, 4.69) is 6.07 Å². The van der Waals surface area contributed by atoms with Crippen molar-refractivity contribution in [3.63, 3.8) is 0 Å². The maximum atomic E-state index is 13.5. The maximum Gasteiger partial charge on any atom is 0.250 e. The molecule has 2 amide bonds. The molecule has 0 radical (unpaired) electrons. The fourth-order valence-electron chi connectivity index (χ4n) is 5.01. The number of benzene rings is 1. The first-order chi connectivity index (χ1) is 14.6. The molecule has 2 fully saturated rings. The zero-order valence-electron chi connectivity index (χ0n) is 18.0. The van der Waals surface area contributed by atoms with Gasteiger partial charge in [0.2, 0.25) is 5.91 Å². The van der Waals surface area contributed by atoms with Crippen molar-refractivity contribution >= 4 is 17.9 Å². The number of hydrogen-bond donors (Lipinski definition) is 0. The van der Waals surface area contributed by atoms with Gasteiger partial charge in [-0.05, 0) is 56.7 Å². The van der Waals surface area contributed by atoms with Crippen LogP contribution in [0.4, 0.5) is 0 Å². The molecule has 3 aliphatic rings. The van der Waals surface area contributed by atoms with Crippen molar-refractivity contribution in [1.82, 2.24) is 9.80 Å². The number of likely N-dealkylation sites (tertiary alicyclic amines) is 2. The van der Waals surface area contributed by atoms with E-state index in [9.17, 15) is 9.59 Å². The van der Waals surface area contributed by atoms with Gasteiger partial charge in [0, 0.05) is 38.3 Å². The minimum absolute atomic E-state index is 0.00367. The summed E-state index contributed by atoms with van der Waals surface area (Å²) in [6, 6.07) is 7.64. The molecule has 0 aromatic heterocycles. The van der Waals surface area contributed by atoms with E-state index in [4.69, 9.17) is 9.47 Å². The Labute approximate surface area is 178 Å². The van der Waals surface area contributed by atoms with E-state index in [0.717, 1.165) is 36.8 Å². The van der Waals surface area contributed by atoms with Gasteiger partial charge in [-0.1, -0.05) is 24.3 Å². The van der Waals surface area contributed by atoms with Crippen LogP contribution in [0.5, 0.6) is 0 Å². The lowest BCUT2D eigenvalue weighted by molar-refractivity contribution is -0.177. The van der Waals surface area contributed by atoms with E-state index in [1.165, 1.54) is 5.56 Å². The molecule has 2 saturated heterocycles. The number of ether oxygens (including phenoxy) is 2. The van der Waals surface area contributed by atoms with Crippen LogP contribution in [0.3, 0.4) is 0 Å². The summed E-state index contributed by atoms with van der Waals surface area (Å²) >= 11 is 0. The Kier molecular flexibility index (Phi) is 6.54. The third-order valence-corrected chi connectivity index (χ3v) is 6.40. The third-order valence-electron chi connectivity index (χ3n) is 6.40. The Morgan fingerprint density at radius 2 is 1.73 bits per heavy atom. The standard InChI is InChI=1S/C24H32N2O4/c1-3-29-24(30-4-2)21-12-8-14-26(21)23(28)20-11-7-13-25(20)22(27)19-15-17-9-5-6-10-18(17)16-19/h5-6,9-10,15,20-21,24H,3-4,7-8,11-14,16H2,1-2H3/t20-,21-/m0/s1. The summed E-state index contributed by atoms with van der Waals surface area (Å²) < 4.78 is 11.6. The molecule has 0 N–H and O–H groups in total. The number of nitrogens with zero attached hydrogens (tertiary/aromatic N) is 2. The van der Waals surface area contributed by atoms with E-state index in [0.29, 0.717) is 32.7 Å². The molecule has 4 rings (SSSR count). The van der Waals surface area contributed by atoms with Gasteiger partial charge in [0.05, 0.1) is 6.04 Å². The zero-order valence-corrected chi connectivity index (χ0v) is 18.0. The molecule has 1 aromatic rings. The first-order valence-corrected chi connectivity index (χ1v) is 11.3. The van der Waals surface area contributed by atoms with E-state index >= 15 is 0 Å². The van der Waals surface area contributed by atoms with Gasteiger partial charge in [-0.15, -0.1) is 0 Å². The zero-order chi connectivity index (χ0) is 21.1. The minimum Gasteiger partial charge on any atom is -0.351 e. The molecule has 2 heterocycles. The fourth-order valence-corrected chi connectivity index (χ4v) is 5.01. The normalized spacial score (nSPS) is 23.2. The lowest BCUT2D eigenvalue weighted by Crippen LogP contribution is -2.52. The average Bonchev–Trinajstić information content (AvgIpc) is 3.51. The van der Waals surface area contributed by atoms with Crippen molar-refractivity contribution in [2.75, 3.05) is 26.3 Å². The summed E-state index contributed by atoms with van der Waals surface area (Å²) in [6.45, 7) is 6.32. The molecule has 2 atom stereocenters. The monoisotopic (exact) mass is 412 g/mol. The van der Waals surface area contributed by atoms with E-state index in [1.807, 2.05) is 43.0 Å². The summed E-state index contributed by atoms with van der Waals surface area (Å²) in [6.07, 6.45) is 5.63. The van der Waals surface area contributed by atoms with Crippen molar-refractivity contribution in [2.45, 2.75) is 64.3 Å². The summed E-state index contributed by atoms with van der Waals surface area (Å²) in [4.78, 5) is 30.5. The highest BCUT2D eigenvalue weighted by Gasteiger charge is 2.43. The van der Waals surface area contributed by atoms with Crippen molar-refractivity contribution in [2.24, 2.45) is 0 Å². The Hall–Kier alpha value is -2.18. The fraction of sp³-hybridized carbons (Fsp3) is 0.583. The number of rotatable bonds is 7. The van der Waals surface area contributed by atoms with E-state index < -0.39 is 6.29 Å². The quantitative estimate of drug-likeness (QED) is 0.646. The number of fused-ring (bicyclic) bond motifs is 1. The van der Waals surface area contributed by atoms with Crippen LogP contribution in [0, 0.1) is 0 Å². The first kappa shape index (κ1) is 21.1. The maximum absolute atomic E-state index is 13.5. The summed E-state index contributed by atoms with van der Waals surface area (Å²) in [5, 5.41) is 0. The second-order valence-corrected chi connectivity index (χ2v) is 8.22. The molecule has 6 heteroatoms. The van der Waals surface area contributed by atoms with Gasteiger partial charge in [0.25, 0.3) is 5.91 Å². The van der Waals surface area contributed by atoms with Gasteiger partial charge in [-0.3, -0.25) is 9.59 Å². The average molecular weight is 413 g/mol. The molecule has 1 aliphatic carbocycles. The van der Waals surface area contributed by atoms with Gasteiger partial charge in [-0.25, -0.2) is 0 Å². The Balaban J connectivity index is 1.48. The van der Waals surface area contributed by atoms with Gasteiger partial charge in [0.1, 0.15) is 6.04 Å². The van der Waals surface area contributed by atoms with Gasteiger partial charge in [0.15, 0.2) is 6.29 Å². The van der Waals surface area contributed by atoms with Crippen molar-refractivity contribution in [3.8, 4) is 0 Å². The smallest absolute Gasteiger partial charge is 0.250 e. The van der Waals surface area contributed by atoms with E-state index in [-0.39, 0.29) is 23.9 Å². The van der Waals surface area contributed by atoms with Crippen LogP contribution in [0.15, 0.2) is 29.8 Å². The third kappa shape index (κ3) is 4.03. The van der Waals surface area contributed by atoms with Crippen molar-refractivity contribution < 1.29 is 19.1 Å². The molecule has 2 aliphatic heterocycles. The van der Waals surface area contributed by atoms with Crippen molar-refractivity contribution in [3.05, 3.63) is 41.0 Å². The van der Waals surface area contributed by atoms with E-state index in [1.54, 1.807) is 4.90 Å². The lowest BCUT2D eigenvalue weighted by atomic mass is 10.1. The molecule has 30 heavy (non-hydrogen) atoms. The van der Waals surface area contributed by atoms with Crippen LogP contribution in [-0.2, 0) is 25.5 Å². The Morgan fingerprint density at radius 1 is 1.03 bits per heavy atom. The molecule has 1 aromatic carbocycles. The van der Waals surface area contributed by atoms with Gasteiger partial charge in [-0.2, -0.15) is 0 Å². The van der Waals surface area contributed by atoms with Crippen LogP contribution in [0.25, 0.3) is 6.08 Å². The van der Waals surface area contributed by atoms with Crippen LogP contribution in [0.1, 0.15) is 50.7 Å². The highest BCUT2D eigenvalue weighted by molar-refractivity contribution is 6.02. The minimum atomic E-state index is -0.399. The highest BCUT2D eigenvalue weighted by Crippen LogP contribution is 2.31.